The number of hydrogen-bond acceptors (Lipinski definition) is 1. The van der Waals surface area contributed by atoms with E-state index in [1.54, 1.807) is 6.92 Å². The van der Waals surface area contributed by atoms with E-state index >= 15 is 0 Å². The normalized spacial score (nSPS) is 17.6. The van der Waals surface area contributed by atoms with Crippen LogP contribution < -0.4 is 0 Å². The van der Waals surface area contributed by atoms with Crippen LogP contribution in [0.1, 0.15) is 6.92 Å². The van der Waals surface area contributed by atoms with Crippen LogP contribution >= 0.6 is 0 Å². The van der Waals surface area contributed by atoms with E-state index in [9.17, 15) is 4.79 Å². The fourth-order valence-corrected chi connectivity index (χ4v) is 0.703. The van der Waals surface area contributed by atoms with Crippen LogP contribution in [0.15, 0.2) is 24.3 Å². The number of carbonyl (C=O) groups excluding carboxylic acids is 1. The summed E-state index contributed by atoms with van der Waals surface area (Å²) in [6.07, 6.45) is 7.57. The molecule has 1 rings (SSSR count). The summed E-state index contributed by atoms with van der Waals surface area (Å²) in [5.74, 6) is 0.282. The molecule has 0 spiro atoms. The number of rotatable bonds is 1. The van der Waals surface area contributed by atoms with E-state index in [2.05, 4.69) is 0 Å². The Morgan fingerprint density at radius 3 is 2.12 bits per heavy atom. The van der Waals surface area contributed by atoms with Crippen molar-refractivity contribution in [3.05, 3.63) is 24.3 Å². The fraction of sp³-hybridized carbons (Fsp3) is 0.286. The Bertz CT molecular complexity index is 142. The molecule has 0 aliphatic heterocycles. The standard InChI is InChI=1S/C7H8O/c1-6(8)7-4-2-3-5-7/h2-5,7H,1H3. The molecule has 0 N–H and O–H groups in total. The van der Waals surface area contributed by atoms with Gasteiger partial charge in [0, 0.05) is 0 Å². The van der Waals surface area contributed by atoms with Gasteiger partial charge in [0.2, 0.25) is 0 Å². The lowest BCUT2D eigenvalue weighted by Gasteiger charge is -1.93. The number of Topliss-reactive ketones (excluding diaryl/α,β-unsaturated/α-hetero) is 1. The third-order valence-corrected chi connectivity index (χ3v) is 1.22. The van der Waals surface area contributed by atoms with Crippen LogP contribution in [-0.2, 0) is 4.79 Å². The topological polar surface area (TPSA) is 17.1 Å². The third-order valence-electron chi connectivity index (χ3n) is 1.22. The van der Waals surface area contributed by atoms with Crippen molar-refractivity contribution >= 4 is 5.78 Å². The van der Waals surface area contributed by atoms with E-state index in [0.29, 0.717) is 0 Å². The molecular formula is C7H8O. The lowest BCUT2D eigenvalue weighted by atomic mass is 10.1. The minimum Gasteiger partial charge on any atom is -0.299 e. The van der Waals surface area contributed by atoms with Crippen molar-refractivity contribution in [3.63, 3.8) is 0 Å². The van der Waals surface area contributed by atoms with Gasteiger partial charge in [0.25, 0.3) is 0 Å². The largest absolute Gasteiger partial charge is 0.299 e. The molecule has 0 bridgehead atoms. The van der Waals surface area contributed by atoms with Crippen LogP contribution in [-0.4, -0.2) is 5.78 Å². The highest BCUT2D eigenvalue weighted by Gasteiger charge is 2.06. The first-order valence-electron chi connectivity index (χ1n) is 2.66. The van der Waals surface area contributed by atoms with E-state index in [1.807, 2.05) is 24.3 Å². The van der Waals surface area contributed by atoms with Gasteiger partial charge in [-0.3, -0.25) is 4.79 Å². The highest BCUT2D eigenvalue weighted by molar-refractivity contribution is 5.82. The predicted octanol–water partition coefficient (Wildman–Crippen LogP) is 1.32. The summed E-state index contributed by atoms with van der Waals surface area (Å²) >= 11 is 0. The summed E-state index contributed by atoms with van der Waals surface area (Å²) in [5, 5.41) is 0. The third kappa shape index (κ3) is 0.861. The monoisotopic (exact) mass is 108 g/mol. The molecule has 0 aromatic rings. The molecule has 8 heavy (non-hydrogen) atoms. The first-order valence-corrected chi connectivity index (χ1v) is 2.66. The molecule has 0 fully saturated rings. The molecule has 0 amide bonds. The molecule has 1 nitrogen and oxygen atoms in total. The highest BCUT2D eigenvalue weighted by Crippen LogP contribution is 2.08. The summed E-state index contributed by atoms with van der Waals surface area (Å²) in [6, 6.07) is 0. The van der Waals surface area contributed by atoms with Crippen molar-refractivity contribution in [2.24, 2.45) is 5.92 Å². The molecule has 0 heterocycles. The zero-order chi connectivity index (χ0) is 5.98. The maximum Gasteiger partial charge on any atom is 0.140 e. The molecule has 0 unspecified atom stereocenters. The number of allylic oxidation sites excluding steroid dienone is 4. The molecule has 42 valence electrons. The molecule has 0 aromatic heterocycles. The molecule has 1 heteroatoms. The minimum atomic E-state index is 0.0648. The van der Waals surface area contributed by atoms with Gasteiger partial charge in [-0.1, -0.05) is 24.3 Å². The molecule has 0 aromatic carbocycles. The fourth-order valence-electron chi connectivity index (χ4n) is 0.703. The van der Waals surface area contributed by atoms with Crippen LogP contribution in [0.2, 0.25) is 0 Å². The van der Waals surface area contributed by atoms with E-state index in [1.165, 1.54) is 0 Å². The Balaban J connectivity index is 2.62. The zero-order valence-corrected chi connectivity index (χ0v) is 4.79. The highest BCUT2D eigenvalue weighted by atomic mass is 16.1. The number of hydrogen-bond donors (Lipinski definition) is 0. The first-order chi connectivity index (χ1) is 3.80. The molecule has 0 saturated heterocycles. The molecular weight excluding hydrogens is 100 g/mol. The van der Waals surface area contributed by atoms with Crippen LogP contribution in [0.25, 0.3) is 0 Å². The quantitative estimate of drug-likeness (QED) is 0.495. The SMILES string of the molecule is CC(=O)C1C=CC=C1. The molecule has 0 atom stereocenters. The van der Waals surface area contributed by atoms with Gasteiger partial charge >= 0.3 is 0 Å². The first kappa shape index (κ1) is 5.29. The number of carbonyl (C=O) groups is 1. The average molecular weight is 108 g/mol. The van der Waals surface area contributed by atoms with Gasteiger partial charge in [-0.25, -0.2) is 0 Å². The summed E-state index contributed by atoms with van der Waals surface area (Å²) < 4.78 is 0. The van der Waals surface area contributed by atoms with Crippen LogP contribution in [0.4, 0.5) is 0 Å². The Morgan fingerprint density at radius 1 is 1.38 bits per heavy atom. The second kappa shape index (κ2) is 1.95. The Kier molecular flexibility index (Phi) is 1.29. The summed E-state index contributed by atoms with van der Waals surface area (Å²) in [7, 11) is 0. The second-order valence-electron chi connectivity index (χ2n) is 1.91. The lowest BCUT2D eigenvalue weighted by molar-refractivity contribution is -0.118. The summed E-state index contributed by atoms with van der Waals surface area (Å²) in [4.78, 5) is 10.5. The molecule has 0 radical (unpaired) electrons. The lowest BCUT2D eigenvalue weighted by Crippen LogP contribution is -2.00. The van der Waals surface area contributed by atoms with Crippen molar-refractivity contribution in [1.29, 1.82) is 0 Å². The summed E-state index contributed by atoms with van der Waals surface area (Å²) in [6.45, 7) is 1.60. The van der Waals surface area contributed by atoms with Gasteiger partial charge in [0.05, 0.1) is 5.92 Å². The van der Waals surface area contributed by atoms with Crippen molar-refractivity contribution in [2.75, 3.05) is 0 Å². The predicted molar refractivity (Wildman–Crippen MR) is 32.5 cm³/mol. The van der Waals surface area contributed by atoms with Gasteiger partial charge in [0.1, 0.15) is 5.78 Å². The van der Waals surface area contributed by atoms with Gasteiger partial charge in [0.15, 0.2) is 0 Å². The van der Waals surface area contributed by atoms with Gasteiger partial charge in [-0.2, -0.15) is 0 Å². The van der Waals surface area contributed by atoms with Crippen molar-refractivity contribution in [1.82, 2.24) is 0 Å². The Morgan fingerprint density at radius 2 is 1.88 bits per heavy atom. The van der Waals surface area contributed by atoms with Crippen LogP contribution in [0.5, 0.6) is 0 Å². The zero-order valence-electron chi connectivity index (χ0n) is 4.79. The molecule has 1 aliphatic rings. The van der Waals surface area contributed by atoms with Crippen molar-refractivity contribution in [3.8, 4) is 0 Å². The second-order valence-corrected chi connectivity index (χ2v) is 1.91. The average Bonchev–Trinajstić information content (AvgIpc) is 2.12. The smallest absolute Gasteiger partial charge is 0.140 e. The van der Waals surface area contributed by atoms with Gasteiger partial charge in [-0.15, -0.1) is 0 Å². The molecule has 0 saturated carbocycles. The summed E-state index contributed by atoms with van der Waals surface area (Å²) in [5.41, 5.74) is 0. The Labute approximate surface area is 48.7 Å². The van der Waals surface area contributed by atoms with E-state index in [0.717, 1.165) is 0 Å². The maximum atomic E-state index is 10.5. The van der Waals surface area contributed by atoms with Crippen molar-refractivity contribution in [2.45, 2.75) is 6.92 Å². The van der Waals surface area contributed by atoms with Crippen LogP contribution in [0, 0.1) is 5.92 Å². The minimum absolute atomic E-state index is 0.0648. The Hall–Kier alpha value is -0.850. The molecule has 1 aliphatic carbocycles. The van der Waals surface area contributed by atoms with Crippen molar-refractivity contribution < 1.29 is 4.79 Å². The van der Waals surface area contributed by atoms with Crippen LogP contribution in [0.3, 0.4) is 0 Å². The maximum absolute atomic E-state index is 10.5. The van der Waals surface area contributed by atoms with E-state index < -0.39 is 0 Å². The van der Waals surface area contributed by atoms with Gasteiger partial charge in [-0.05, 0) is 6.92 Å². The van der Waals surface area contributed by atoms with E-state index in [4.69, 9.17) is 0 Å². The van der Waals surface area contributed by atoms with E-state index in [-0.39, 0.29) is 11.7 Å². The number of ketones is 1. The van der Waals surface area contributed by atoms with Gasteiger partial charge < -0.3 is 0 Å².